The highest BCUT2D eigenvalue weighted by atomic mass is 127. The van der Waals surface area contributed by atoms with E-state index in [1.54, 1.807) is 6.07 Å². The van der Waals surface area contributed by atoms with Gasteiger partial charge in [-0.3, -0.25) is 0 Å². The summed E-state index contributed by atoms with van der Waals surface area (Å²) < 4.78 is 7.63. The number of fused-ring (bicyclic) bond motifs is 1. The van der Waals surface area contributed by atoms with Crippen LogP contribution in [0.25, 0.3) is 10.8 Å². The maximum absolute atomic E-state index is 12.4. The van der Waals surface area contributed by atoms with Crippen molar-refractivity contribution in [1.29, 1.82) is 0 Å². The summed E-state index contributed by atoms with van der Waals surface area (Å²) in [5.74, 6) is 0.227. The van der Waals surface area contributed by atoms with Crippen LogP contribution >= 0.6 is 38.5 Å². The fourth-order valence-electron chi connectivity index (χ4n) is 2.20. The first-order valence-electron chi connectivity index (χ1n) is 6.72. The molecule has 2 nitrogen and oxygen atoms in total. The lowest BCUT2D eigenvalue weighted by Gasteiger charge is -2.09. The molecule has 0 heterocycles. The second-order valence-electron chi connectivity index (χ2n) is 4.94. The minimum atomic E-state index is -0.342. The number of ether oxygens (including phenoxy) is 1. The molecule has 0 saturated heterocycles. The first-order valence-corrected chi connectivity index (χ1v) is 8.59. The fourth-order valence-corrected chi connectivity index (χ4v) is 3.20. The maximum Gasteiger partial charge on any atom is 0.343 e. The summed E-state index contributed by atoms with van der Waals surface area (Å²) in [6.45, 7) is 2.01. The van der Waals surface area contributed by atoms with Gasteiger partial charge in [0.1, 0.15) is 5.75 Å². The van der Waals surface area contributed by atoms with Crippen molar-refractivity contribution in [3.8, 4) is 5.75 Å². The second-order valence-corrected chi connectivity index (χ2v) is 6.96. The minimum absolute atomic E-state index is 0.342. The van der Waals surface area contributed by atoms with Crippen LogP contribution in [0.3, 0.4) is 0 Å². The second kappa shape index (κ2) is 6.38. The molecule has 0 aliphatic carbocycles. The van der Waals surface area contributed by atoms with Gasteiger partial charge in [-0.05, 0) is 64.7 Å². The molecule has 0 saturated carbocycles. The predicted octanol–water partition coefficient (Wildman–Crippen LogP) is 5.73. The summed E-state index contributed by atoms with van der Waals surface area (Å²) >= 11 is 5.74. The van der Waals surface area contributed by atoms with E-state index in [2.05, 4.69) is 38.5 Å². The Labute approximate surface area is 150 Å². The van der Waals surface area contributed by atoms with E-state index in [9.17, 15) is 4.79 Å². The third kappa shape index (κ3) is 3.03. The fraction of sp³-hybridized carbons (Fsp3) is 0.0556. The van der Waals surface area contributed by atoms with Gasteiger partial charge in [0.15, 0.2) is 0 Å². The van der Waals surface area contributed by atoms with Gasteiger partial charge in [-0.2, -0.15) is 0 Å². The average molecular weight is 467 g/mol. The van der Waals surface area contributed by atoms with Crippen molar-refractivity contribution in [2.45, 2.75) is 6.92 Å². The summed E-state index contributed by atoms with van der Waals surface area (Å²) in [5, 5.41) is 1.93. The van der Waals surface area contributed by atoms with Gasteiger partial charge < -0.3 is 4.74 Å². The molecule has 0 unspecified atom stereocenters. The molecule has 0 bridgehead atoms. The van der Waals surface area contributed by atoms with Crippen LogP contribution in [0, 0.1) is 10.5 Å². The van der Waals surface area contributed by atoms with Crippen molar-refractivity contribution in [2.24, 2.45) is 0 Å². The van der Waals surface area contributed by atoms with Crippen molar-refractivity contribution in [2.75, 3.05) is 0 Å². The number of halogens is 2. The minimum Gasteiger partial charge on any atom is -0.422 e. The van der Waals surface area contributed by atoms with Crippen LogP contribution in [-0.4, -0.2) is 5.97 Å². The van der Waals surface area contributed by atoms with Gasteiger partial charge in [0.2, 0.25) is 0 Å². The van der Waals surface area contributed by atoms with Crippen molar-refractivity contribution in [1.82, 2.24) is 0 Å². The van der Waals surface area contributed by atoms with E-state index in [-0.39, 0.29) is 5.97 Å². The molecule has 110 valence electrons. The van der Waals surface area contributed by atoms with Crippen molar-refractivity contribution in [3.05, 3.63) is 73.8 Å². The highest BCUT2D eigenvalue weighted by Crippen LogP contribution is 2.32. The Kier molecular flexibility index (Phi) is 4.49. The van der Waals surface area contributed by atoms with E-state index in [0.717, 1.165) is 24.4 Å². The number of carbonyl (C=O) groups is 1. The van der Waals surface area contributed by atoms with Gasteiger partial charge >= 0.3 is 5.97 Å². The smallest absolute Gasteiger partial charge is 0.343 e. The maximum atomic E-state index is 12.4. The van der Waals surface area contributed by atoms with E-state index in [4.69, 9.17) is 4.74 Å². The molecule has 0 N–H and O–H groups in total. The number of carbonyl (C=O) groups excluding carboxylic acids is 1. The molecule has 0 aliphatic heterocycles. The third-order valence-corrected chi connectivity index (χ3v) is 5.29. The van der Waals surface area contributed by atoms with E-state index in [0.29, 0.717) is 11.3 Å². The summed E-state index contributed by atoms with van der Waals surface area (Å²) in [5.41, 5.74) is 1.70. The van der Waals surface area contributed by atoms with Gasteiger partial charge in [0, 0.05) is 13.4 Å². The third-order valence-electron chi connectivity index (χ3n) is 3.44. The van der Waals surface area contributed by atoms with E-state index in [1.807, 2.05) is 55.5 Å². The van der Waals surface area contributed by atoms with Crippen LogP contribution < -0.4 is 4.74 Å². The molecule has 0 amide bonds. The molecule has 3 rings (SSSR count). The quantitative estimate of drug-likeness (QED) is 0.273. The zero-order chi connectivity index (χ0) is 15.7. The van der Waals surface area contributed by atoms with Gasteiger partial charge in [0.05, 0.1) is 5.56 Å². The summed E-state index contributed by atoms with van der Waals surface area (Å²) in [6, 6.07) is 17.1. The van der Waals surface area contributed by atoms with E-state index in [1.165, 1.54) is 0 Å². The van der Waals surface area contributed by atoms with Crippen LogP contribution in [0.1, 0.15) is 15.9 Å². The van der Waals surface area contributed by atoms with Crippen LogP contribution in [0.2, 0.25) is 0 Å². The normalized spacial score (nSPS) is 10.7. The molecule has 3 aromatic carbocycles. The van der Waals surface area contributed by atoms with Crippen molar-refractivity contribution < 1.29 is 9.53 Å². The number of hydrogen-bond acceptors (Lipinski definition) is 2. The first kappa shape index (κ1) is 15.5. The number of aryl methyl sites for hydroxylation is 1. The Bertz CT molecular complexity index is 874. The van der Waals surface area contributed by atoms with Gasteiger partial charge in [-0.1, -0.05) is 46.3 Å². The Morgan fingerprint density at radius 2 is 1.77 bits per heavy atom. The van der Waals surface area contributed by atoms with Gasteiger partial charge in [-0.15, -0.1) is 0 Å². The zero-order valence-electron chi connectivity index (χ0n) is 11.8. The summed E-state index contributed by atoms with van der Waals surface area (Å²) in [4.78, 5) is 12.4. The highest BCUT2D eigenvalue weighted by molar-refractivity contribution is 14.1. The molecule has 0 fully saturated rings. The van der Waals surface area contributed by atoms with Crippen LogP contribution in [0.5, 0.6) is 5.75 Å². The standard InChI is InChI=1S/C18H12BrIO2/c1-11-6-7-12(10-16(11)20)18(21)22-17-9-8-15(19)13-4-2-3-5-14(13)17/h2-10H,1H3. The van der Waals surface area contributed by atoms with Crippen LogP contribution in [0.4, 0.5) is 0 Å². The number of benzene rings is 3. The summed E-state index contributed by atoms with van der Waals surface area (Å²) in [6.07, 6.45) is 0. The topological polar surface area (TPSA) is 26.3 Å². The molecule has 0 aromatic heterocycles. The monoisotopic (exact) mass is 466 g/mol. The molecule has 22 heavy (non-hydrogen) atoms. The lowest BCUT2D eigenvalue weighted by molar-refractivity contribution is 0.0737. The first-order chi connectivity index (χ1) is 10.6. The molecular weight excluding hydrogens is 455 g/mol. The number of esters is 1. The molecular formula is C18H12BrIO2. The largest absolute Gasteiger partial charge is 0.422 e. The summed E-state index contributed by atoms with van der Waals surface area (Å²) in [7, 11) is 0. The van der Waals surface area contributed by atoms with Crippen molar-refractivity contribution >= 4 is 55.3 Å². The molecule has 0 atom stereocenters. The Morgan fingerprint density at radius 3 is 2.50 bits per heavy atom. The molecule has 4 heteroatoms. The van der Waals surface area contributed by atoms with Gasteiger partial charge in [0.25, 0.3) is 0 Å². The van der Waals surface area contributed by atoms with E-state index >= 15 is 0 Å². The zero-order valence-corrected chi connectivity index (χ0v) is 15.5. The molecule has 0 radical (unpaired) electrons. The van der Waals surface area contributed by atoms with Crippen molar-refractivity contribution in [3.63, 3.8) is 0 Å². The Hall–Kier alpha value is -1.40. The molecule has 0 spiro atoms. The predicted molar refractivity (Wildman–Crippen MR) is 101 cm³/mol. The Balaban J connectivity index is 1.98. The Morgan fingerprint density at radius 1 is 1.05 bits per heavy atom. The highest BCUT2D eigenvalue weighted by Gasteiger charge is 2.12. The van der Waals surface area contributed by atoms with Crippen LogP contribution in [-0.2, 0) is 0 Å². The van der Waals surface area contributed by atoms with E-state index < -0.39 is 0 Å². The average Bonchev–Trinajstić information content (AvgIpc) is 2.53. The lowest BCUT2D eigenvalue weighted by Crippen LogP contribution is -2.09. The molecule has 3 aromatic rings. The molecule has 0 aliphatic rings. The van der Waals surface area contributed by atoms with Gasteiger partial charge in [-0.25, -0.2) is 4.79 Å². The number of hydrogen-bond donors (Lipinski definition) is 0. The SMILES string of the molecule is Cc1ccc(C(=O)Oc2ccc(Br)c3ccccc23)cc1I. The van der Waals surface area contributed by atoms with Crippen LogP contribution in [0.15, 0.2) is 59.1 Å². The lowest BCUT2D eigenvalue weighted by atomic mass is 10.1. The number of rotatable bonds is 2.